The minimum atomic E-state index is -4.42. The molecule has 1 aliphatic heterocycles. The molecule has 2 aromatic carbocycles. The second-order valence-electron chi connectivity index (χ2n) is 6.05. The first-order chi connectivity index (χ1) is 13.4. The van der Waals surface area contributed by atoms with Gasteiger partial charge in [0.15, 0.2) is 0 Å². The quantitative estimate of drug-likeness (QED) is 0.0816. The predicted octanol–water partition coefficient (Wildman–Crippen LogP) is 4.11. The summed E-state index contributed by atoms with van der Waals surface area (Å²) in [6.07, 6.45) is 0. The Balaban J connectivity index is 2.21. The molecule has 144 valence electrons. The Morgan fingerprint density at radius 2 is 1.79 bits per heavy atom. The van der Waals surface area contributed by atoms with Crippen molar-refractivity contribution in [3.8, 4) is 22.5 Å². The van der Waals surface area contributed by atoms with E-state index in [1.807, 2.05) is 18.2 Å². The SMILES string of the molecule is NNc1ccc2c(-c3ccccc3S(=O)(=O)O)c3ccc(=IN)cc-3oc2c1. The number of halogens is 1. The molecule has 2 aromatic rings. The van der Waals surface area contributed by atoms with Gasteiger partial charge >= 0.3 is 0 Å². The Morgan fingerprint density at radius 3 is 2.50 bits per heavy atom. The number of nitrogens with two attached hydrogens (primary N) is 2. The van der Waals surface area contributed by atoms with Crippen LogP contribution in [0.2, 0.25) is 0 Å². The predicted molar refractivity (Wildman–Crippen MR) is 117 cm³/mol. The average molecular weight is 509 g/mol. The summed E-state index contributed by atoms with van der Waals surface area (Å²) in [7, 11) is -4.42. The number of hydrogen-bond acceptors (Lipinski definition) is 6. The van der Waals surface area contributed by atoms with Gasteiger partial charge in [0.1, 0.15) is 16.2 Å². The summed E-state index contributed by atoms with van der Waals surface area (Å²) >= 11 is -0.638. The Hall–Kier alpha value is -2.31. The number of anilines is 1. The Labute approximate surface area is 171 Å². The highest BCUT2D eigenvalue weighted by Crippen LogP contribution is 2.43. The van der Waals surface area contributed by atoms with Crippen LogP contribution in [0.25, 0.3) is 33.4 Å². The van der Waals surface area contributed by atoms with E-state index in [1.54, 1.807) is 36.4 Å². The average Bonchev–Trinajstić information content (AvgIpc) is 2.70. The molecule has 0 saturated carbocycles. The van der Waals surface area contributed by atoms with Crippen molar-refractivity contribution < 1.29 is 17.4 Å². The molecule has 7 nitrogen and oxygen atoms in total. The number of nitrogens with one attached hydrogen (secondary N) is 1. The number of nitrogen functional groups attached to an aromatic ring is 1. The zero-order chi connectivity index (χ0) is 19.9. The minimum Gasteiger partial charge on any atom is -0.456 e. The van der Waals surface area contributed by atoms with Gasteiger partial charge in [-0.25, -0.2) is 0 Å². The van der Waals surface area contributed by atoms with Crippen molar-refractivity contribution >= 4 is 47.8 Å². The molecule has 0 atom stereocenters. The summed E-state index contributed by atoms with van der Waals surface area (Å²) in [5, 5.41) is 0.692. The number of rotatable bonds is 3. The molecule has 4 rings (SSSR count). The lowest BCUT2D eigenvalue weighted by atomic mass is 9.93. The molecular formula is C19H16IN3O4S. The van der Waals surface area contributed by atoms with Crippen molar-refractivity contribution in [2.45, 2.75) is 4.90 Å². The van der Waals surface area contributed by atoms with Crippen LogP contribution in [0.5, 0.6) is 0 Å². The molecule has 6 N–H and O–H groups in total. The summed E-state index contributed by atoms with van der Waals surface area (Å²) in [5.74, 6) is 6.09. The van der Waals surface area contributed by atoms with Gasteiger partial charge in [-0.15, -0.1) is 0 Å². The van der Waals surface area contributed by atoms with E-state index in [-0.39, 0.29) is 4.90 Å². The van der Waals surface area contributed by atoms with Gasteiger partial charge in [-0.3, -0.25) is 14.3 Å². The van der Waals surface area contributed by atoms with Crippen LogP contribution in [0, 0.1) is 3.15 Å². The molecule has 9 heteroatoms. The third kappa shape index (κ3) is 3.31. The first kappa shape index (κ1) is 19.0. The lowest BCUT2D eigenvalue weighted by Crippen LogP contribution is -2.06. The standard InChI is InChI=1S/C19H16IN3O4S/c21-20-11-5-7-13-16(9-11)27-17-10-12(23-22)6-8-14(17)19(13)15-3-1-2-4-18(15)28(24,25)26/h1-10,23H,21-22H2,(H,24,25,26). The molecule has 0 radical (unpaired) electrons. The van der Waals surface area contributed by atoms with E-state index < -0.39 is 31.1 Å². The molecule has 1 heterocycles. The van der Waals surface area contributed by atoms with E-state index in [2.05, 4.69) is 5.43 Å². The van der Waals surface area contributed by atoms with Crippen molar-refractivity contribution in [1.29, 1.82) is 0 Å². The van der Waals surface area contributed by atoms with Crippen LogP contribution in [-0.2, 0) is 10.1 Å². The molecule has 0 aromatic heterocycles. The van der Waals surface area contributed by atoms with E-state index in [9.17, 15) is 13.0 Å². The normalized spacial score (nSPS) is 12.9. The Kier molecular flexibility index (Phi) is 4.93. The van der Waals surface area contributed by atoms with E-state index in [1.165, 1.54) is 6.07 Å². The van der Waals surface area contributed by atoms with Crippen LogP contribution in [-0.4, -0.2) is 13.0 Å². The number of hydrogen-bond donors (Lipinski definition) is 4. The molecular weight excluding hydrogens is 493 g/mol. The van der Waals surface area contributed by atoms with Crippen LogP contribution < -0.4 is 15.2 Å². The van der Waals surface area contributed by atoms with Crippen LogP contribution in [0.4, 0.5) is 5.69 Å². The monoisotopic (exact) mass is 509 g/mol. The molecule has 0 bridgehead atoms. The van der Waals surface area contributed by atoms with E-state index in [0.29, 0.717) is 33.5 Å². The van der Waals surface area contributed by atoms with Crippen molar-refractivity contribution in [1.82, 2.24) is 0 Å². The van der Waals surface area contributed by atoms with Crippen LogP contribution in [0.3, 0.4) is 0 Å². The van der Waals surface area contributed by atoms with Crippen molar-refractivity contribution in [2.75, 3.05) is 5.43 Å². The van der Waals surface area contributed by atoms with E-state index >= 15 is 0 Å². The van der Waals surface area contributed by atoms with Gasteiger partial charge in [-0.1, -0.05) is 18.2 Å². The third-order valence-electron chi connectivity index (χ3n) is 4.41. The lowest BCUT2D eigenvalue weighted by Gasteiger charge is -2.17. The lowest BCUT2D eigenvalue weighted by molar-refractivity contribution is 0.483. The molecule has 0 saturated heterocycles. The zero-order valence-electron chi connectivity index (χ0n) is 14.4. The fourth-order valence-corrected chi connectivity index (χ4v) is 4.76. The fraction of sp³-hybridized carbons (Fsp3) is 0. The summed E-state index contributed by atoms with van der Waals surface area (Å²) in [6.45, 7) is 0. The van der Waals surface area contributed by atoms with E-state index in [0.717, 1.165) is 8.72 Å². The van der Waals surface area contributed by atoms with Crippen LogP contribution in [0.15, 0.2) is 70.0 Å². The third-order valence-corrected chi connectivity index (χ3v) is 6.71. The summed E-state index contributed by atoms with van der Waals surface area (Å²) < 4.78 is 46.7. The summed E-state index contributed by atoms with van der Waals surface area (Å²) in [6, 6.07) is 17.3. The molecule has 0 unspecified atom stereocenters. The highest BCUT2D eigenvalue weighted by Gasteiger charge is 2.23. The smallest absolute Gasteiger partial charge is 0.295 e. The second-order valence-corrected chi connectivity index (χ2v) is 9.31. The van der Waals surface area contributed by atoms with Crippen LogP contribution in [0.1, 0.15) is 0 Å². The maximum Gasteiger partial charge on any atom is 0.295 e. The van der Waals surface area contributed by atoms with E-state index in [4.69, 9.17) is 14.2 Å². The summed E-state index contributed by atoms with van der Waals surface area (Å²) in [4.78, 5) is -0.167. The molecule has 2 aliphatic rings. The summed E-state index contributed by atoms with van der Waals surface area (Å²) in [5.41, 5.74) is 5.50. The van der Waals surface area contributed by atoms with Gasteiger partial charge in [0, 0.05) is 31.3 Å². The second kappa shape index (κ2) is 7.26. The Bertz CT molecular complexity index is 1350. The van der Waals surface area contributed by atoms with Gasteiger partial charge in [0.2, 0.25) is 0 Å². The molecule has 1 aliphatic carbocycles. The fourth-order valence-electron chi connectivity index (χ4n) is 3.21. The van der Waals surface area contributed by atoms with Gasteiger partial charge < -0.3 is 9.84 Å². The zero-order valence-corrected chi connectivity index (χ0v) is 17.4. The highest BCUT2D eigenvalue weighted by molar-refractivity contribution is 14.2. The van der Waals surface area contributed by atoms with Gasteiger partial charge in [0.25, 0.3) is 10.1 Å². The maximum absolute atomic E-state index is 12.0. The van der Waals surface area contributed by atoms with Crippen molar-refractivity contribution in [3.05, 3.63) is 63.8 Å². The van der Waals surface area contributed by atoms with Gasteiger partial charge in [-0.05, 0) is 57.4 Å². The maximum atomic E-state index is 12.0. The first-order valence-electron chi connectivity index (χ1n) is 8.13. The topological polar surface area (TPSA) is 132 Å². The number of hydrazine groups is 1. The van der Waals surface area contributed by atoms with Gasteiger partial charge in [0.05, 0.1) is 5.69 Å². The highest BCUT2D eigenvalue weighted by atomic mass is 127. The number of fused-ring (bicyclic) bond motifs is 2. The van der Waals surface area contributed by atoms with Crippen LogP contribution >= 0.6 is 21.0 Å². The minimum absolute atomic E-state index is 0.167. The molecule has 0 fully saturated rings. The molecule has 0 spiro atoms. The Morgan fingerprint density at radius 1 is 1.00 bits per heavy atom. The van der Waals surface area contributed by atoms with Crippen molar-refractivity contribution in [2.24, 2.45) is 9.79 Å². The van der Waals surface area contributed by atoms with Gasteiger partial charge in [-0.2, -0.15) is 8.42 Å². The molecule has 0 amide bonds. The molecule has 28 heavy (non-hydrogen) atoms. The largest absolute Gasteiger partial charge is 0.456 e. The number of benzene rings is 3. The van der Waals surface area contributed by atoms with Crippen molar-refractivity contribution in [3.63, 3.8) is 0 Å². The first-order valence-corrected chi connectivity index (χ1v) is 11.9.